The van der Waals surface area contributed by atoms with Gasteiger partial charge in [-0.05, 0) is 33.4 Å². The highest BCUT2D eigenvalue weighted by Gasteiger charge is 2.19. The molecule has 3 rings (SSSR count). The standard InChI is InChI=1S/C11H10BrN3S2/c1-15-11(6(12)5-14-15)10(13)9-4-8-7(17-9)2-3-16-8/h2-5,10H,13H2,1H3. The van der Waals surface area contributed by atoms with Crippen LogP contribution >= 0.6 is 38.6 Å². The number of nitrogens with zero attached hydrogens (tertiary/aromatic N) is 2. The molecule has 0 aliphatic rings. The molecule has 3 nitrogen and oxygen atoms in total. The molecule has 0 aliphatic carbocycles. The molecular formula is C11H10BrN3S2. The average molecular weight is 328 g/mol. The molecule has 1 atom stereocenters. The van der Waals surface area contributed by atoms with Gasteiger partial charge in [0.15, 0.2) is 0 Å². The van der Waals surface area contributed by atoms with Crippen LogP contribution in [0.2, 0.25) is 0 Å². The first-order valence-electron chi connectivity index (χ1n) is 5.06. The molecule has 88 valence electrons. The third-order valence-corrected chi connectivity index (χ3v) is 5.48. The van der Waals surface area contributed by atoms with E-state index < -0.39 is 0 Å². The topological polar surface area (TPSA) is 43.8 Å². The van der Waals surface area contributed by atoms with Gasteiger partial charge in [0.25, 0.3) is 0 Å². The first-order chi connectivity index (χ1) is 8.16. The van der Waals surface area contributed by atoms with Gasteiger partial charge in [-0.15, -0.1) is 22.7 Å². The van der Waals surface area contributed by atoms with E-state index in [4.69, 9.17) is 5.73 Å². The summed E-state index contributed by atoms with van der Waals surface area (Å²) in [5.74, 6) is 0. The van der Waals surface area contributed by atoms with E-state index in [0.717, 1.165) is 10.2 Å². The van der Waals surface area contributed by atoms with Gasteiger partial charge in [0.2, 0.25) is 0 Å². The predicted molar refractivity (Wildman–Crippen MR) is 76.6 cm³/mol. The zero-order chi connectivity index (χ0) is 12.0. The zero-order valence-electron chi connectivity index (χ0n) is 9.05. The molecular weight excluding hydrogens is 318 g/mol. The summed E-state index contributed by atoms with van der Waals surface area (Å²) in [5, 5.41) is 6.31. The highest BCUT2D eigenvalue weighted by molar-refractivity contribution is 9.10. The van der Waals surface area contributed by atoms with Crippen molar-refractivity contribution in [2.75, 3.05) is 0 Å². The summed E-state index contributed by atoms with van der Waals surface area (Å²) in [6.45, 7) is 0. The lowest BCUT2D eigenvalue weighted by molar-refractivity contribution is 0.676. The molecule has 0 spiro atoms. The van der Waals surface area contributed by atoms with Crippen LogP contribution in [0.15, 0.2) is 28.2 Å². The molecule has 0 amide bonds. The lowest BCUT2D eigenvalue weighted by atomic mass is 10.2. The van der Waals surface area contributed by atoms with Gasteiger partial charge in [-0.2, -0.15) is 5.10 Å². The molecule has 2 N–H and O–H groups in total. The van der Waals surface area contributed by atoms with E-state index in [1.165, 1.54) is 14.3 Å². The number of hydrogen-bond acceptors (Lipinski definition) is 4. The molecule has 0 saturated heterocycles. The quantitative estimate of drug-likeness (QED) is 0.782. The van der Waals surface area contributed by atoms with Gasteiger partial charge in [0.05, 0.1) is 22.4 Å². The van der Waals surface area contributed by atoms with Crippen molar-refractivity contribution < 1.29 is 0 Å². The summed E-state index contributed by atoms with van der Waals surface area (Å²) in [5.41, 5.74) is 7.32. The minimum absolute atomic E-state index is 0.124. The van der Waals surface area contributed by atoms with Crippen molar-refractivity contribution in [3.05, 3.63) is 38.8 Å². The van der Waals surface area contributed by atoms with E-state index in [-0.39, 0.29) is 6.04 Å². The lowest BCUT2D eigenvalue weighted by Gasteiger charge is -2.10. The Kier molecular flexibility index (Phi) is 2.82. The maximum absolute atomic E-state index is 6.31. The first kappa shape index (κ1) is 11.4. The Balaban J connectivity index is 2.07. The fraction of sp³-hybridized carbons (Fsp3) is 0.182. The number of rotatable bonds is 2. The number of nitrogens with two attached hydrogens (primary N) is 1. The van der Waals surface area contributed by atoms with Gasteiger partial charge in [-0.3, -0.25) is 4.68 Å². The van der Waals surface area contributed by atoms with Gasteiger partial charge in [-0.25, -0.2) is 0 Å². The van der Waals surface area contributed by atoms with Crippen molar-refractivity contribution in [1.29, 1.82) is 0 Å². The molecule has 6 heteroatoms. The maximum Gasteiger partial charge on any atom is 0.0829 e. The van der Waals surface area contributed by atoms with Crippen LogP contribution in [0.25, 0.3) is 9.40 Å². The second kappa shape index (κ2) is 4.20. The SMILES string of the molecule is Cn1ncc(Br)c1C(N)c1cc2sccc2s1. The van der Waals surface area contributed by atoms with Gasteiger partial charge in [-0.1, -0.05) is 0 Å². The summed E-state index contributed by atoms with van der Waals surface area (Å²) >= 11 is 7.00. The van der Waals surface area contributed by atoms with E-state index >= 15 is 0 Å². The number of thiophene rings is 2. The Hall–Kier alpha value is -0.690. The van der Waals surface area contributed by atoms with Gasteiger partial charge in [0, 0.05) is 21.3 Å². The van der Waals surface area contributed by atoms with Gasteiger partial charge >= 0.3 is 0 Å². The number of aryl methyl sites for hydroxylation is 1. The number of fused-ring (bicyclic) bond motifs is 1. The van der Waals surface area contributed by atoms with Crippen molar-refractivity contribution in [2.45, 2.75) is 6.04 Å². The number of hydrogen-bond donors (Lipinski definition) is 1. The summed E-state index contributed by atoms with van der Waals surface area (Å²) in [6.07, 6.45) is 1.78. The minimum atomic E-state index is -0.124. The fourth-order valence-corrected chi connectivity index (χ4v) is 4.56. The van der Waals surface area contributed by atoms with Crippen molar-refractivity contribution in [1.82, 2.24) is 9.78 Å². The van der Waals surface area contributed by atoms with Crippen LogP contribution in [0.3, 0.4) is 0 Å². The Labute approximate surface area is 115 Å². The zero-order valence-corrected chi connectivity index (χ0v) is 12.3. The molecule has 0 aliphatic heterocycles. The van der Waals surface area contributed by atoms with Crippen molar-refractivity contribution in [3.8, 4) is 0 Å². The molecule has 3 aromatic rings. The van der Waals surface area contributed by atoms with Crippen molar-refractivity contribution in [3.63, 3.8) is 0 Å². The summed E-state index contributed by atoms with van der Waals surface area (Å²) in [7, 11) is 1.91. The summed E-state index contributed by atoms with van der Waals surface area (Å²) < 4.78 is 5.39. The van der Waals surface area contributed by atoms with E-state index in [0.29, 0.717) is 0 Å². The third-order valence-electron chi connectivity index (χ3n) is 2.70. The Morgan fingerprint density at radius 3 is 2.94 bits per heavy atom. The van der Waals surface area contributed by atoms with Crippen LogP contribution in [0.5, 0.6) is 0 Å². The predicted octanol–water partition coefficient (Wildman–Crippen LogP) is 3.51. The second-order valence-electron chi connectivity index (χ2n) is 3.78. The van der Waals surface area contributed by atoms with Gasteiger partial charge < -0.3 is 5.73 Å². The van der Waals surface area contributed by atoms with Crippen molar-refractivity contribution in [2.24, 2.45) is 12.8 Å². The number of aromatic nitrogens is 2. The van der Waals surface area contributed by atoms with Crippen molar-refractivity contribution >= 4 is 48.0 Å². The molecule has 1 unspecified atom stereocenters. The van der Waals surface area contributed by atoms with Crippen LogP contribution in [0, 0.1) is 0 Å². The van der Waals surface area contributed by atoms with Crippen LogP contribution in [0.1, 0.15) is 16.6 Å². The summed E-state index contributed by atoms with van der Waals surface area (Å²) in [6, 6.07) is 4.19. The van der Waals surface area contributed by atoms with E-state index in [9.17, 15) is 0 Å². The van der Waals surface area contributed by atoms with Crippen LogP contribution in [-0.4, -0.2) is 9.78 Å². The molecule has 3 aromatic heterocycles. The summed E-state index contributed by atoms with van der Waals surface area (Å²) in [4.78, 5) is 1.18. The normalized spacial score (nSPS) is 13.4. The largest absolute Gasteiger partial charge is 0.318 e. The molecule has 17 heavy (non-hydrogen) atoms. The first-order valence-corrected chi connectivity index (χ1v) is 7.55. The van der Waals surface area contributed by atoms with E-state index in [1.54, 1.807) is 28.9 Å². The highest BCUT2D eigenvalue weighted by Crippen LogP contribution is 2.36. The highest BCUT2D eigenvalue weighted by atomic mass is 79.9. The molecule has 0 aromatic carbocycles. The smallest absolute Gasteiger partial charge is 0.0829 e. The molecule has 0 fully saturated rings. The molecule has 3 heterocycles. The van der Waals surface area contributed by atoms with Gasteiger partial charge in [0.1, 0.15) is 0 Å². The third kappa shape index (κ3) is 1.85. The Bertz CT molecular complexity index is 619. The Morgan fingerprint density at radius 1 is 1.47 bits per heavy atom. The van der Waals surface area contributed by atoms with Crippen LogP contribution < -0.4 is 5.73 Å². The molecule has 0 radical (unpaired) electrons. The Morgan fingerprint density at radius 2 is 2.29 bits per heavy atom. The monoisotopic (exact) mass is 327 g/mol. The lowest BCUT2D eigenvalue weighted by Crippen LogP contribution is -2.15. The van der Waals surface area contributed by atoms with E-state index in [1.807, 2.05) is 11.7 Å². The maximum atomic E-state index is 6.31. The number of halogens is 1. The minimum Gasteiger partial charge on any atom is -0.318 e. The second-order valence-corrected chi connectivity index (χ2v) is 6.69. The average Bonchev–Trinajstić information content (AvgIpc) is 2.92. The molecule has 0 saturated carbocycles. The fourth-order valence-electron chi connectivity index (χ4n) is 1.84. The van der Waals surface area contributed by atoms with Crippen LogP contribution in [0.4, 0.5) is 0 Å². The molecule has 0 bridgehead atoms. The van der Waals surface area contributed by atoms with E-state index in [2.05, 4.69) is 38.5 Å². The van der Waals surface area contributed by atoms with Crippen LogP contribution in [-0.2, 0) is 7.05 Å².